The van der Waals surface area contributed by atoms with Gasteiger partial charge in [-0.1, -0.05) is 32.3 Å². The number of nitrogens with zero attached hydrogens (tertiary/aromatic N) is 1. The van der Waals surface area contributed by atoms with Gasteiger partial charge in [0.1, 0.15) is 5.76 Å². The van der Waals surface area contributed by atoms with Crippen LogP contribution in [0.25, 0.3) is 0 Å². The molecule has 1 aromatic heterocycles. The predicted molar refractivity (Wildman–Crippen MR) is 73.2 cm³/mol. The summed E-state index contributed by atoms with van der Waals surface area (Å²) >= 11 is 0. The number of aromatic nitrogens is 1. The van der Waals surface area contributed by atoms with Crippen molar-refractivity contribution >= 4 is 0 Å². The van der Waals surface area contributed by atoms with Crippen molar-refractivity contribution in [3.63, 3.8) is 0 Å². The first-order valence-electron chi connectivity index (χ1n) is 7.18. The Kier molecular flexibility index (Phi) is 4.44. The Morgan fingerprint density at radius 2 is 2.11 bits per heavy atom. The van der Waals surface area contributed by atoms with Crippen molar-refractivity contribution in [2.45, 2.75) is 65.5 Å². The molecule has 18 heavy (non-hydrogen) atoms. The highest BCUT2D eigenvalue weighted by atomic mass is 16.5. The van der Waals surface area contributed by atoms with E-state index in [-0.39, 0.29) is 0 Å². The Labute approximate surface area is 110 Å². The van der Waals surface area contributed by atoms with E-state index in [4.69, 9.17) is 4.52 Å². The molecule has 1 fully saturated rings. The van der Waals surface area contributed by atoms with Crippen LogP contribution in [0.3, 0.4) is 0 Å². The lowest BCUT2D eigenvalue weighted by Gasteiger charge is -2.29. The molecular weight excluding hydrogens is 224 g/mol. The third kappa shape index (κ3) is 3.84. The van der Waals surface area contributed by atoms with Gasteiger partial charge in [-0.25, -0.2) is 0 Å². The van der Waals surface area contributed by atoms with E-state index in [1.165, 1.54) is 32.1 Å². The minimum atomic E-state index is 0.458. The van der Waals surface area contributed by atoms with E-state index in [0.717, 1.165) is 18.2 Å². The molecule has 2 atom stereocenters. The van der Waals surface area contributed by atoms with Gasteiger partial charge in [0, 0.05) is 12.1 Å². The van der Waals surface area contributed by atoms with E-state index in [0.29, 0.717) is 11.5 Å². The summed E-state index contributed by atoms with van der Waals surface area (Å²) in [6.45, 7) is 7.94. The lowest BCUT2D eigenvalue weighted by Crippen LogP contribution is -2.28. The second-order valence-electron chi connectivity index (χ2n) is 6.63. The van der Waals surface area contributed by atoms with Crippen LogP contribution in [0, 0.1) is 11.3 Å². The second kappa shape index (κ2) is 5.87. The maximum atomic E-state index is 5.12. The van der Waals surface area contributed by atoms with Crippen LogP contribution in [-0.2, 0) is 6.54 Å². The lowest BCUT2D eigenvalue weighted by molar-refractivity contribution is 0.213. The van der Waals surface area contributed by atoms with Crippen LogP contribution in [0.2, 0.25) is 0 Å². The molecule has 0 radical (unpaired) electrons. The van der Waals surface area contributed by atoms with Crippen molar-refractivity contribution in [2.75, 3.05) is 0 Å². The van der Waals surface area contributed by atoms with E-state index in [2.05, 4.69) is 31.2 Å². The predicted octanol–water partition coefficient (Wildman–Crippen LogP) is 3.76. The fraction of sp³-hybridized carbons (Fsp3) is 0.800. The topological polar surface area (TPSA) is 38.1 Å². The molecule has 1 aromatic rings. The van der Waals surface area contributed by atoms with Crippen LogP contribution in [0.1, 0.15) is 58.6 Å². The van der Waals surface area contributed by atoms with Gasteiger partial charge >= 0.3 is 0 Å². The zero-order valence-electron chi connectivity index (χ0n) is 11.9. The molecule has 1 saturated carbocycles. The maximum Gasteiger partial charge on any atom is 0.150 e. The molecule has 1 aliphatic rings. The van der Waals surface area contributed by atoms with Gasteiger partial charge in [-0.05, 0) is 37.0 Å². The van der Waals surface area contributed by atoms with Gasteiger partial charge in [-0.2, -0.15) is 0 Å². The van der Waals surface area contributed by atoms with Gasteiger partial charge in [-0.15, -0.1) is 0 Å². The molecule has 2 rings (SSSR count). The molecule has 0 bridgehead atoms. The summed E-state index contributed by atoms with van der Waals surface area (Å²) in [6.07, 6.45) is 8.36. The van der Waals surface area contributed by atoms with Crippen LogP contribution in [0.4, 0.5) is 0 Å². The molecule has 0 amide bonds. The largest absolute Gasteiger partial charge is 0.360 e. The molecule has 1 heterocycles. The van der Waals surface area contributed by atoms with Crippen molar-refractivity contribution in [2.24, 2.45) is 11.3 Å². The van der Waals surface area contributed by atoms with Gasteiger partial charge in [0.2, 0.25) is 0 Å². The Morgan fingerprint density at radius 1 is 1.28 bits per heavy atom. The Bertz CT molecular complexity index is 340. The molecule has 0 spiro atoms. The summed E-state index contributed by atoms with van der Waals surface area (Å²) in [5.41, 5.74) is 0.458. The molecule has 102 valence electrons. The third-order valence-electron chi connectivity index (χ3n) is 4.25. The average Bonchev–Trinajstić information content (AvgIpc) is 2.69. The summed E-state index contributed by atoms with van der Waals surface area (Å²) in [7, 11) is 0. The molecule has 0 aromatic carbocycles. The summed E-state index contributed by atoms with van der Waals surface area (Å²) < 4.78 is 5.12. The molecule has 3 heteroatoms. The van der Waals surface area contributed by atoms with Crippen molar-refractivity contribution in [1.29, 1.82) is 0 Å². The maximum absolute atomic E-state index is 5.12. The minimum absolute atomic E-state index is 0.458. The van der Waals surface area contributed by atoms with Crippen molar-refractivity contribution in [3.8, 4) is 0 Å². The second-order valence-corrected chi connectivity index (χ2v) is 6.63. The Balaban J connectivity index is 1.78. The van der Waals surface area contributed by atoms with E-state index in [1.54, 1.807) is 6.20 Å². The first-order chi connectivity index (χ1) is 8.55. The van der Waals surface area contributed by atoms with Gasteiger partial charge in [0.25, 0.3) is 0 Å². The highest BCUT2D eigenvalue weighted by Gasteiger charge is 2.27. The molecule has 1 N–H and O–H groups in total. The number of rotatable bonds is 3. The highest BCUT2D eigenvalue weighted by molar-refractivity contribution is 4.93. The lowest BCUT2D eigenvalue weighted by atomic mass is 9.76. The fourth-order valence-corrected chi connectivity index (χ4v) is 2.95. The fourth-order valence-electron chi connectivity index (χ4n) is 2.95. The molecule has 1 aliphatic carbocycles. The number of hydrogen-bond donors (Lipinski definition) is 1. The van der Waals surface area contributed by atoms with E-state index in [9.17, 15) is 0 Å². The Hall–Kier alpha value is -0.830. The summed E-state index contributed by atoms with van der Waals surface area (Å²) in [6, 6.07) is 2.57. The quantitative estimate of drug-likeness (QED) is 0.830. The van der Waals surface area contributed by atoms with E-state index < -0.39 is 0 Å². The van der Waals surface area contributed by atoms with Gasteiger partial charge in [0.15, 0.2) is 0 Å². The summed E-state index contributed by atoms with van der Waals surface area (Å²) in [5, 5.41) is 7.34. The van der Waals surface area contributed by atoms with Gasteiger partial charge < -0.3 is 9.84 Å². The minimum Gasteiger partial charge on any atom is -0.360 e. The van der Waals surface area contributed by atoms with Gasteiger partial charge in [-0.3, -0.25) is 0 Å². The number of nitrogens with one attached hydrogen (secondary N) is 1. The zero-order valence-corrected chi connectivity index (χ0v) is 11.9. The van der Waals surface area contributed by atoms with Crippen molar-refractivity contribution < 1.29 is 4.52 Å². The SMILES string of the molecule is CC(C)(C)C1CCCC(NCc2ccno2)CC1. The van der Waals surface area contributed by atoms with Crippen LogP contribution in [0.15, 0.2) is 16.8 Å². The smallest absolute Gasteiger partial charge is 0.150 e. The third-order valence-corrected chi connectivity index (χ3v) is 4.25. The highest BCUT2D eigenvalue weighted by Crippen LogP contribution is 2.36. The zero-order chi connectivity index (χ0) is 13.0. The number of hydrogen-bond acceptors (Lipinski definition) is 3. The van der Waals surface area contributed by atoms with Crippen molar-refractivity contribution in [1.82, 2.24) is 10.5 Å². The normalized spacial score (nSPS) is 25.9. The van der Waals surface area contributed by atoms with Crippen LogP contribution in [0.5, 0.6) is 0 Å². The average molecular weight is 250 g/mol. The first kappa shape index (κ1) is 13.6. The monoisotopic (exact) mass is 250 g/mol. The first-order valence-corrected chi connectivity index (χ1v) is 7.18. The van der Waals surface area contributed by atoms with E-state index >= 15 is 0 Å². The van der Waals surface area contributed by atoms with Crippen LogP contribution < -0.4 is 5.32 Å². The van der Waals surface area contributed by atoms with Crippen LogP contribution >= 0.6 is 0 Å². The molecule has 0 saturated heterocycles. The molecule has 2 unspecified atom stereocenters. The van der Waals surface area contributed by atoms with E-state index in [1.807, 2.05) is 6.07 Å². The molecular formula is C15H26N2O. The summed E-state index contributed by atoms with van der Waals surface area (Å²) in [5.74, 6) is 1.81. The summed E-state index contributed by atoms with van der Waals surface area (Å²) in [4.78, 5) is 0. The molecule has 0 aliphatic heterocycles. The van der Waals surface area contributed by atoms with Crippen LogP contribution in [-0.4, -0.2) is 11.2 Å². The van der Waals surface area contributed by atoms with Gasteiger partial charge in [0.05, 0.1) is 12.7 Å². The van der Waals surface area contributed by atoms with Crippen molar-refractivity contribution in [3.05, 3.63) is 18.0 Å². The Morgan fingerprint density at radius 3 is 2.78 bits per heavy atom. The molecule has 3 nitrogen and oxygen atoms in total. The standard InChI is InChI=1S/C15H26N2O/c1-15(2,3)12-5-4-6-13(8-7-12)16-11-14-9-10-17-18-14/h9-10,12-13,16H,4-8,11H2,1-3H3.